The van der Waals surface area contributed by atoms with Crippen molar-refractivity contribution in [2.45, 2.75) is 12.8 Å². The number of hydrogen-bond donors (Lipinski definition) is 3. The van der Waals surface area contributed by atoms with E-state index in [1.807, 2.05) is 54.6 Å². The third kappa shape index (κ3) is 3.64. The Bertz CT molecular complexity index is 1280. The van der Waals surface area contributed by atoms with E-state index in [4.69, 9.17) is 4.74 Å². The number of hydrogen-bond acceptors (Lipinski definition) is 3. The molecule has 2 heterocycles. The van der Waals surface area contributed by atoms with Crippen molar-refractivity contribution in [1.29, 1.82) is 0 Å². The van der Waals surface area contributed by atoms with Crippen molar-refractivity contribution in [2.24, 2.45) is 0 Å². The molecule has 6 nitrogen and oxygen atoms in total. The molecule has 3 aromatic carbocycles. The van der Waals surface area contributed by atoms with Gasteiger partial charge in [0.05, 0.1) is 0 Å². The van der Waals surface area contributed by atoms with E-state index in [2.05, 4.69) is 22.5 Å². The summed E-state index contributed by atoms with van der Waals surface area (Å²) in [4.78, 5) is 28.2. The number of nitrogens with one attached hydrogen (secondary N) is 3. The molecule has 1 aromatic heterocycles. The first-order valence-corrected chi connectivity index (χ1v) is 10.2. The number of aromatic amines is 1. The molecule has 4 aromatic rings. The molecule has 5 rings (SSSR count). The first-order chi connectivity index (χ1) is 15.1. The second kappa shape index (κ2) is 7.65. The van der Waals surface area contributed by atoms with Crippen LogP contribution in [0.2, 0.25) is 0 Å². The van der Waals surface area contributed by atoms with Crippen molar-refractivity contribution in [3.63, 3.8) is 0 Å². The van der Waals surface area contributed by atoms with Crippen molar-refractivity contribution in [3.8, 4) is 11.5 Å². The van der Waals surface area contributed by atoms with Gasteiger partial charge in [0.2, 0.25) is 0 Å². The topological polar surface area (TPSA) is 83.2 Å². The molecule has 1 aliphatic rings. The van der Waals surface area contributed by atoms with E-state index in [-0.39, 0.29) is 17.7 Å². The number of amides is 2. The second-order valence-electron chi connectivity index (χ2n) is 7.68. The van der Waals surface area contributed by atoms with Crippen LogP contribution in [-0.2, 0) is 0 Å². The maximum atomic E-state index is 12.8. The molecule has 1 aliphatic heterocycles. The highest BCUT2D eigenvalue weighted by molar-refractivity contribution is 6.08. The Balaban J connectivity index is 1.35. The SMILES string of the molecule is CC1CNC(=O)c2[nH]c3ccc(C(=O)Nc4ccc(Oc5ccccc5)cc4)cc3c21. The van der Waals surface area contributed by atoms with Gasteiger partial charge < -0.3 is 20.4 Å². The van der Waals surface area contributed by atoms with Crippen molar-refractivity contribution in [2.75, 3.05) is 11.9 Å². The summed E-state index contributed by atoms with van der Waals surface area (Å²) in [6.45, 7) is 2.66. The largest absolute Gasteiger partial charge is 0.457 e. The van der Waals surface area contributed by atoms with Crippen LogP contribution in [0.4, 0.5) is 5.69 Å². The zero-order valence-corrected chi connectivity index (χ0v) is 16.9. The molecule has 0 aliphatic carbocycles. The van der Waals surface area contributed by atoms with Crippen molar-refractivity contribution in [3.05, 3.63) is 89.6 Å². The monoisotopic (exact) mass is 411 g/mol. The summed E-state index contributed by atoms with van der Waals surface area (Å²) in [7, 11) is 0. The van der Waals surface area contributed by atoms with E-state index in [0.717, 1.165) is 22.2 Å². The van der Waals surface area contributed by atoms with Crippen LogP contribution in [0.3, 0.4) is 0 Å². The third-order valence-electron chi connectivity index (χ3n) is 5.48. The van der Waals surface area contributed by atoms with E-state index in [1.165, 1.54) is 0 Å². The van der Waals surface area contributed by atoms with Gasteiger partial charge in [0.15, 0.2) is 0 Å². The fourth-order valence-corrected chi connectivity index (χ4v) is 3.92. The van der Waals surface area contributed by atoms with Crippen LogP contribution >= 0.6 is 0 Å². The molecule has 0 saturated carbocycles. The molecule has 0 radical (unpaired) electrons. The zero-order chi connectivity index (χ0) is 21.4. The first kappa shape index (κ1) is 18.9. The second-order valence-corrected chi connectivity index (χ2v) is 7.68. The minimum atomic E-state index is -0.207. The molecule has 2 amide bonds. The van der Waals surface area contributed by atoms with Gasteiger partial charge in [0.1, 0.15) is 17.2 Å². The van der Waals surface area contributed by atoms with Crippen LogP contribution in [0, 0.1) is 0 Å². The Labute approximate surface area is 179 Å². The number of H-pyrrole nitrogens is 1. The normalized spacial score (nSPS) is 15.3. The van der Waals surface area contributed by atoms with Crippen LogP contribution in [0.5, 0.6) is 11.5 Å². The lowest BCUT2D eigenvalue weighted by molar-refractivity contribution is 0.0936. The van der Waals surface area contributed by atoms with Gasteiger partial charge in [-0.3, -0.25) is 9.59 Å². The maximum absolute atomic E-state index is 12.8. The number of benzene rings is 3. The van der Waals surface area contributed by atoms with Gasteiger partial charge in [0.25, 0.3) is 11.8 Å². The standard InChI is InChI=1S/C25H21N3O3/c1-15-14-26-25(30)23-22(15)20-13-16(7-12-21(20)28-23)24(29)27-17-8-10-19(11-9-17)31-18-5-3-2-4-6-18/h2-13,15,28H,14H2,1H3,(H,26,30)(H,27,29). The molecule has 0 fully saturated rings. The summed E-state index contributed by atoms with van der Waals surface area (Å²) in [5.74, 6) is 1.31. The number of fused-ring (bicyclic) bond motifs is 3. The number of carbonyl (C=O) groups is 2. The lowest BCUT2D eigenvalue weighted by atomic mass is 9.93. The zero-order valence-electron chi connectivity index (χ0n) is 16.9. The number of anilines is 1. The highest BCUT2D eigenvalue weighted by Crippen LogP contribution is 2.32. The van der Waals surface area contributed by atoms with E-state index >= 15 is 0 Å². The first-order valence-electron chi connectivity index (χ1n) is 10.2. The Hall–Kier alpha value is -4.06. The fraction of sp³-hybridized carbons (Fsp3) is 0.120. The molecule has 31 heavy (non-hydrogen) atoms. The highest BCUT2D eigenvalue weighted by atomic mass is 16.5. The quantitative estimate of drug-likeness (QED) is 0.439. The summed E-state index contributed by atoms with van der Waals surface area (Å²) in [6.07, 6.45) is 0. The van der Waals surface area contributed by atoms with Gasteiger partial charge in [-0.25, -0.2) is 0 Å². The maximum Gasteiger partial charge on any atom is 0.268 e. The molecule has 1 atom stereocenters. The lowest BCUT2D eigenvalue weighted by Gasteiger charge is -2.19. The number of para-hydroxylation sites is 1. The number of rotatable bonds is 4. The summed E-state index contributed by atoms with van der Waals surface area (Å²) in [6, 6.07) is 22.2. The molecule has 0 bridgehead atoms. The van der Waals surface area contributed by atoms with Gasteiger partial charge in [-0.05, 0) is 60.2 Å². The summed E-state index contributed by atoms with van der Waals surface area (Å²) >= 11 is 0. The molecule has 154 valence electrons. The Kier molecular flexibility index (Phi) is 4.67. The number of carbonyl (C=O) groups excluding carboxylic acids is 2. The molecule has 6 heteroatoms. The van der Waals surface area contributed by atoms with Crippen molar-refractivity contribution < 1.29 is 14.3 Å². The van der Waals surface area contributed by atoms with Gasteiger partial charge in [-0.1, -0.05) is 25.1 Å². The van der Waals surface area contributed by atoms with Gasteiger partial charge in [-0.2, -0.15) is 0 Å². The Morgan fingerprint density at radius 1 is 1.00 bits per heavy atom. The predicted octanol–water partition coefficient (Wildman–Crippen LogP) is 5.06. The predicted molar refractivity (Wildman–Crippen MR) is 120 cm³/mol. The highest BCUT2D eigenvalue weighted by Gasteiger charge is 2.27. The van der Waals surface area contributed by atoms with Crippen LogP contribution in [0.1, 0.15) is 39.3 Å². The lowest BCUT2D eigenvalue weighted by Crippen LogP contribution is -2.33. The van der Waals surface area contributed by atoms with Crippen LogP contribution < -0.4 is 15.4 Å². The average Bonchev–Trinajstić information content (AvgIpc) is 3.18. The fourth-order valence-electron chi connectivity index (χ4n) is 3.92. The van der Waals surface area contributed by atoms with Crippen LogP contribution in [0.15, 0.2) is 72.8 Å². The summed E-state index contributed by atoms with van der Waals surface area (Å²) in [5.41, 5.74) is 3.62. The molecular weight excluding hydrogens is 390 g/mol. The van der Waals surface area contributed by atoms with Gasteiger partial charge in [0, 0.05) is 34.6 Å². The van der Waals surface area contributed by atoms with Crippen molar-refractivity contribution in [1.82, 2.24) is 10.3 Å². The molecule has 0 spiro atoms. The smallest absolute Gasteiger partial charge is 0.268 e. The average molecular weight is 411 g/mol. The van der Waals surface area contributed by atoms with E-state index < -0.39 is 0 Å². The molecular formula is C25H21N3O3. The van der Waals surface area contributed by atoms with Gasteiger partial charge >= 0.3 is 0 Å². The summed E-state index contributed by atoms with van der Waals surface area (Å²) in [5, 5.41) is 6.71. The van der Waals surface area contributed by atoms with Crippen molar-refractivity contribution >= 4 is 28.4 Å². The Morgan fingerprint density at radius 3 is 2.52 bits per heavy atom. The number of ether oxygens (including phenoxy) is 1. The molecule has 1 unspecified atom stereocenters. The Morgan fingerprint density at radius 2 is 1.74 bits per heavy atom. The van der Waals surface area contributed by atoms with E-state index in [1.54, 1.807) is 18.2 Å². The van der Waals surface area contributed by atoms with Crippen LogP contribution in [0.25, 0.3) is 10.9 Å². The minimum Gasteiger partial charge on any atom is -0.457 e. The number of aromatic nitrogens is 1. The van der Waals surface area contributed by atoms with E-state index in [0.29, 0.717) is 29.2 Å². The minimum absolute atomic E-state index is 0.104. The van der Waals surface area contributed by atoms with E-state index in [9.17, 15) is 9.59 Å². The van der Waals surface area contributed by atoms with Crippen LogP contribution in [-0.4, -0.2) is 23.3 Å². The summed E-state index contributed by atoms with van der Waals surface area (Å²) < 4.78 is 5.79. The molecule has 0 saturated heterocycles. The van der Waals surface area contributed by atoms with Gasteiger partial charge in [-0.15, -0.1) is 0 Å². The third-order valence-corrected chi connectivity index (χ3v) is 5.48. The molecule has 3 N–H and O–H groups in total.